The molecule has 0 unspecified atom stereocenters. The Kier molecular flexibility index (Phi) is 5.50. The van der Waals surface area contributed by atoms with E-state index in [2.05, 4.69) is 20.6 Å². The van der Waals surface area contributed by atoms with Gasteiger partial charge in [0, 0.05) is 5.56 Å². The van der Waals surface area contributed by atoms with Crippen LogP contribution in [0.5, 0.6) is 17.2 Å². The first-order valence-corrected chi connectivity index (χ1v) is 6.62. The Balaban J connectivity index is 2.05. The number of hydrogen-bond acceptors (Lipinski definition) is 7. The van der Waals surface area contributed by atoms with Gasteiger partial charge in [-0.2, -0.15) is 10.2 Å². The normalized spacial score (nSPS) is 10.6. The van der Waals surface area contributed by atoms with Gasteiger partial charge in [0.15, 0.2) is 11.5 Å². The summed E-state index contributed by atoms with van der Waals surface area (Å²) in [5, 5.41) is 7.72. The SMILES string of the molecule is COc1cc(/C=N/NC(=O)Cn2cncn2)cc(OC)c1OC. The van der Waals surface area contributed by atoms with Crippen molar-refractivity contribution in [3.63, 3.8) is 0 Å². The largest absolute Gasteiger partial charge is 0.493 e. The van der Waals surface area contributed by atoms with E-state index in [1.165, 1.54) is 44.9 Å². The second-order valence-corrected chi connectivity index (χ2v) is 4.34. The van der Waals surface area contributed by atoms with Gasteiger partial charge in [-0.15, -0.1) is 0 Å². The van der Waals surface area contributed by atoms with Crippen molar-refractivity contribution in [1.82, 2.24) is 20.2 Å². The van der Waals surface area contributed by atoms with Gasteiger partial charge in [-0.25, -0.2) is 15.1 Å². The third-order valence-electron chi connectivity index (χ3n) is 2.86. The molecule has 1 amide bonds. The lowest BCUT2D eigenvalue weighted by atomic mass is 10.2. The lowest BCUT2D eigenvalue weighted by Gasteiger charge is -2.12. The molecule has 0 bridgehead atoms. The third-order valence-corrected chi connectivity index (χ3v) is 2.86. The minimum atomic E-state index is -0.320. The van der Waals surface area contributed by atoms with Crippen LogP contribution in [0.2, 0.25) is 0 Å². The molecule has 122 valence electrons. The molecule has 2 rings (SSSR count). The molecule has 0 aliphatic rings. The van der Waals surface area contributed by atoms with Crippen molar-refractivity contribution in [2.24, 2.45) is 5.10 Å². The number of hydrazone groups is 1. The lowest BCUT2D eigenvalue weighted by Crippen LogP contribution is -2.23. The molecule has 0 aliphatic carbocycles. The number of amides is 1. The quantitative estimate of drug-likeness (QED) is 0.588. The van der Waals surface area contributed by atoms with E-state index < -0.39 is 0 Å². The van der Waals surface area contributed by atoms with Gasteiger partial charge in [0.05, 0.1) is 27.5 Å². The number of benzene rings is 1. The summed E-state index contributed by atoms with van der Waals surface area (Å²) in [6.45, 7) is 0.0343. The Labute approximate surface area is 132 Å². The predicted octanol–water partition coefficient (Wildman–Crippen LogP) is 0.454. The average Bonchev–Trinajstić information content (AvgIpc) is 3.06. The van der Waals surface area contributed by atoms with Gasteiger partial charge in [-0.3, -0.25) is 4.79 Å². The van der Waals surface area contributed by atoms with Crippen LogP contribution >= 0.6 is 0 Å². The first-order chi connectivity index (χ1) is 11.2. The Morgan fingerprint density at radius 2 is 1.96 bits per heavy atom. The number of carbonyl (C=O) groups excluding carboxylic acids is 1. The molecule has 1 aromatic carbocycles. The van der Waals surface area contributed by atoms with Crippen LogP contribution in [0.15, 0.2) is 29.9 Å². The minimum Gasteiger partial charge on any atom is -0.493 e. The minimum absolute atomic E-state index is 0.0343. The Morgan fingerprint density at radius 3 is 2.48 bits per heavy atom. The summed E-state index contributed by atoms with van der Waals surface area (Å²) in [6.07, 6.45) is 4.28. The number of nitrogens with zero attached hydrogens (tertiary/aromatic N) is 4. The zero-order chi connectivity index (χ0) is 16.7. The fraction of sp³-hybridized carbons (Fsp3) is 0.286. The highest BCUT2D eigenvalue weighted by atomic mass is 16.5. The van der Waals surface area contributed by atoms with E-state index in [1.807, 2.05) is 0 Å². The van der Waals surface area contributed by atoms with E-state index >= 15 is 0 Å². The summed E-state index contributed by atoms with van der Waals surface area (Å²) >= 11 is 0. The lowest BCUT2D eigenvalue weighted by molar-refractivity contribution is -0.121. The third kappa shape index (κ3) is 4.19. The summed E-state index contributed by atoms with van der Waals surface area (Å²) in [5.41, 5.74) is 3.08. The van der Waals surface area contributed by atoms with Crippen LogP contribution in [0.3, 0.4) is 0 Å². The second kappa shape index (κ2) is 7.78. The van der Waals surface area contributed by atoms with Crippen molar-refractivity contribution >= 4 is 12.1 Å². The highest BCUT2D eigenvalue weighted by Crippen LogP contribution is 2.37. The summed E-state index contributed by atoms with van der Waals surface area (Å²) in [4.78, 5) is 15.4. The monoisotopic (exact) mass is 319 g/mol. The first-order valence-electron chi connectivity index (χ1n) is 6.62. The number of carbonyl (C=O) groups is 1. The zero-order valence-electron chi connectivity index (χ0n) is 13.0. The van der Waals surface area contributed by atoms with Gasteiger partial charge >= 0.3 is 0 Å². The van der Waals surface area contributed by atoms with E-state index in [0.717, 1.165) is 0 Å². The molecule has 9 nitrogen and oxygen atoms in total. The topological polar surface area (TPSA) is 99.9 Å². The molecule has 0 aliphatic heterocycles. The zero-order valence-corrected chi connectivity index (χ0v) is 13.0. The summed E-state index contributed by atoms with van der Waals surface area (Å²) < 4.78 is 17.1. The molecule has 9 heteroatoms. The van der Waals surface area contributed by atoms with E-state index in [0.29, 0.717) is 22.8 Å². The number of rotatable bonds is 7. The molecule has 2 aromatic rings. The van der Waals surface area contributed by atoms with Crippen molar-refractivity contribution in [2.75, 3.05) is 21.3 Å². The summed E-state index contributed by atoms with van der Waals surface area (Å²) in [6, 6.07) is 3.43. The van der Waals surface area contributed by atoms with E-state index in [9.17, 15) is 4.79 Å². The van der Waals surface area contributed by atoms with Crippen molar-refractivity contribution in [2.45, 2.75) is 6.54 Å². The second-order valence-electron chi connectivity index (χ2n) is 4.34. The molecule has 0 atom stereocenters. The van der Waals surface area contributed by atoms with Gasteiger partial charge < -0.3 is 14.2 Å². The fourth-order valence-electron chi connectivity index (χ4n) is 1.85. The molecule has 0 spiro atoms. The van der Waals surface area contributed by atoms with Crippen LogP contribution in [0.25, 0.3) is 0 Å². The maximum absolute atomic E-state index is 11.7. The highest BCUT2D eigenvalue weighted by Gasteiger charge is 2.12. The molecule has 0 fully saturated rings. The van der Waals surface area contributed by atoms with Crippen LogP contribution in [0, 0.1) is 0 Å². The van der Waals surface area contributed by atoms with Crippen molar-refractivity contribution in [3.05, 3.63) is 30.4 Å². The number of nitrogens with one attached hydrogen (secondary N) is 1. The molecular weight excluding hydrogens is 302 g/mol. The van der Waals surface area contributed by atoms with Crippen molar-refractivity contribution < 1.29 is 19.0 Å². The van der Waals surface area contributed by atoms with Gasteiger partial charge in [-0.1, -0.05) is 0 Å². The van der Waals surface area contributed by atoms with E-state index in [-0.39, 0.29) is 12.5 Å². The molecule has 0 radical (unpaired) electrons. The highest BCUT2D eigenvalue weighted by molar-refractivity contribution is 5.84. The predicted molar refractivity (Wildman–Crippen MR) is 81.9 cm³/mol. The summed E-state index contributed by atoms with van der Waals surface area (Å²) in [5.74, 6) is 1.17. The molecule has 23 heavy (non-hydrogen) atoms. The van der Waals surface area contributed by atoms with Gasteiger partial charge in [-0.05, 0) is 12.1 Å². The van der Waals surface area contributed by atoms with Gasteiger partial charge in [0.25, 0.3) is 5.91 Å². The molecule has 0 saturated carbocycles. The molecule has 0 saturated heterocycles. The Hall–Kier alpha value is -3.10. The standard InChI is InChI=1S/C14H17N5O4/c1-21-11-4-10(5-12(22-2)14(11)23-3)6-16-18-13(20)7-19-9-15-8-17-19/h4-6,8-9H,7H2,1-3H3,(H,18,20)/b16-6+. The van der Waals surface area contributed by atoms with Crippen LogP contribution in [-0.4, -0.2) is 48.2 Å². The van der Waals surface area contributed by atoms with Crippen molar-refractivity contribution in [1.29, 1.82) is 0 Å². The first kappa shape index (κ1) is 16.3. The number of ether oxygens (including phenoxy) is 3. The van der Waals surface area contributed by atoms with Crippen LogP contribution < -0.4 is 19.6 Å². The van der Waals surface area contributed by atoms with Crippen molar-refractivity contribution in [3.8, 4) is 17.2 Å². The van der Waals surface area contributed by atoms with Crippen LogP contribution in [0.4, 0.5) is 0 Å². The molecule has 1 N–H and O–H groups in total. The smallest absolute Gasteiger partial charge is 0.261 e. The number of hydrogen-bond donors (Lipinski definition) is 1. The van der Waals surface area contributed by atoms with Gasteiger partial charge in [0.1, 0.15) is 19.2 Å². The summed E-state index contributed by atoms with van der Waals surface area (Å²) in [7, 11) is 4.58. The Bertz CT molecular complexity index is 659. The van der Waals surface area contributed by atoms with Gasteiger partial charge in [0.2, 0.25) is 5.75 Å². The fourth-order valence-corrected chi connectivity index (χ4v) is 1.85. The molecule has 1 heterocycles. The molecular formula is C14H17N5O4. The van der Waals surface area contributed by atoms with E-state index in [4.69, 9.17) is 14.2 Å². The average molecular weight is 319 g/mol. The van der Waals surface area contributed by atoms with Crippen LogP contribution in [0.1, 0.15) is 5.56 Å². The number of aromatic nitrogens is 3. The maximum Gasteiger partial charge on any atom is 0.261 e. The Morgan fingerprint density at radius 1 is 1.26 bits per heavy atom. The number of methoxy groups -OCH3 is 3. The molecule has 1 aromatic heterocycles. The van der Waals surface area contributed by atoms with E-state index in [1.54, 1.807) is 12.1 Å². The van der Waals surface area contributed by atoms with Crippen LogP contribution in [-0.2, 0) is 11.3 Å². The maximum atomic E-state index is 11.7.